The van der Waals surface area contributed by atoms with E-state index in [1.165, 1.54) is 12.1 Å². The maximum Gasteiger partial charge on any atom is 0.416 e. The Hall–Kier alpha value is -3.37. The van der Waals surface area contributed by atoms with Crippen molar-refractivity contribution in [3.05, 3.63) is 93.8 Å². The van der Waals surface area contributed by atoms with Gasteiger partial charge in [0, 0.05) is 17.5 Å². The number of esters is 1. The van der Waals surface area contributed by atoms with Crippen molar-refractivity contribution in [3.63, 3.8) is 0 Å². The number of hydrogen-bond acceptors (Lipinski definition) is 5. The summed E-state index contributed by atoms with van der Waals surface area (Å²) < 4.78 is 94.4. The second kappa shape index (κ2) is 12.3. The largest absolute Gasteiger partial charge is 0.490 e. The number of hydrogen-bond donors (Lipinski definition) is 0. The SMILES string of the molecule is CCOC(=O)C(C)(C)C[C@H]1C[C@H](S(=O)(=O)c2cccc(C(F)(F)F)c2)c2cc(/C=C(\C)c3c(F)cccc3Cl)ccc2O1. The number of alkyl halides is 3. The van der Waals surface area contributed by atoms with Crippen LogP contribution in [0.1, 0.15) is 68.0 Å². The molecule has 1 aliphatic rings. The molecule has 3 aromatic rings. The molecule has 0 fully saturated rings. The number of rotatable bonds is 8. The summed E-state index contributed by atoms with van der Waals surface area (Å²) in [4.78, 5) is 12.1. The Kier molecular flexibility index (Phi) is 9.32. The van der Waals surface area contributed by atoms with Gasteiger partial charge in [0.15, 0.2) is 9.84 Å². The first kappa shape index (κ1) is 32.5. The van der Waals surface area contributed by atoms with Gasteiger partial charge in [0.1, 0.15) is 17.7 Å². The van der Waals surface area contributed by atoms with Gasteiger partial charge in [-0.2, -0.15) is 13.2 Å². The fourth-order valence-corrected chi connectivity index (χ4v) is 7.40. The highest BCUT2D eigenvalue weighted by molar-refractivity contribution is 7.91. The van der Waals surface area contributed by atoms with Crippen LogP contribution in [0.15, 0.2) is 65.6 Å². The zero-order valence-corrected chi connectivity index (χ0v) is 25.5. The highest BCUT2D eigenvalue weighted by Crippen LogP contribution is 2.46. The van der Waals surface area contributed by atoms with E-state index in [1.807, 2.05) is 0 Å². The van der Waals surface area contributed by atoms with Crippen LogP contribution < -0.4 is 4.74 Å². The second-order valence-electron chi connectivity index (χ2n) is 11.1. The van der Waals surface area contributed by atoms with Gasteiger partial charge in [-0.25, -0.2) is 12.8 Å². The maximum absolute atomic E-state index is 14.5. The van der Waals surface area contributed by atoms with Crippen LogP contribution >= 0.6 is 11.6 Å². The van der Waals surface area contributed by atoms with Crippen molar-refractivity contribution in [2.75, 3.05) is 6.61 Å². The summed E-state index contributed by atoms with van der Waals surface area (Å²) in [6, 6.07) is 12.7. The summed E-state index contributed by atoms with van der Waals surface area (Å²) in [6.07, 6.45) is -3.90. The van der Waals surface area contributed by atoms with E-state index < -0.39 is 55.0 Å². The Morgan fingerprint density at radius 2 is 1.79 bits per heavy atom. The topological polar surface area (TPSA) is 69.7 Å². The lowest BCUT2D eigenvalue weighted by Gasteiger charge is -2.35. The first-order valence-corrected chi connectivity index (χ1v) is 15.5. The maximum atomic E-state index is 14.5. The molecule has 3 aromatic carbocycles. The molecule has 0 saturated carbocycles. The van der Waals surface area contributed by atoms with E-state index in [9.17, 15) is 30.8 Å². The van der Waals surface area contributed by atoms with Crippen molar-refractivity contribution in [3.8, 4) is 5.75 Å². The molecule has 0 saturated heterocycles. The van der Waals surface area contributed by atoms with Crippen LogP contribution in [0.5, 0.6) is 5.75 Å². The average molecular weight is 639 g/mol. The van der Waals surface area contributed by atoms with Crippen LogP contribution in [0.25, 0.3) is 11.6 Å². The predicted octanol–water partition coefficient (Wildman–Crippen LogP) is 8.70. The third-order valence-corrected chi connectivity index (χ3v) is 9.74. The molecular weight excluding hydrogens is 608 g/mol. The second-order valence-corrected chi connectivity index (χ2v) is 13.6. The zero-order valence-electron chi connectivity index (χ0n) is 24.0. The number of allylic oxidation sites excluding steroid dienone is 1. The number of fused-ring (bicyclic) bond motifs is 1. The third kappa shape index (κ3) is 7.07. The quantitative estimate of drug-likeness (QED) is 0.140. The smallest absolute Gasteiger partial charge is 0.416 e. The summed E-state index contributed by atoms with van der Waals surface area (Å²) in [5.41, 5.74) is -0.701. The zero-order chi connectivity index (χ0) is 31.7. The van der Waals surface area contributed by atoms with Crippen molar-refractivity contribution in [2.24, 2.45) is 5.41 Å². The molecule has 0 amide bonds. The minimum Gasteiger partial charge on any atom is -0.490 e. The lowest BCUT2D eigenvalue weighted by Crippen LogP contribution is -2.37. The van der Waals surface area contributed by atoms with E-state index in [0.29, 0.717) is 17.2 Å². The van der Waals surface area contributed by atoms with Gasteiger partial charge >= 0.3 is 12.1 Å². The van der Waals surface area contributed by atoms with E-state index in [-0.39, 0.29) is 41.3 Å². The van der Waals surface area contributed by atoms with Crippen molar-refractivity contribution in [1.29, 1.82) is 0 Å². The van der Waals surface area contributed by atoms with Crippen LogP contribution in [0.4, 0.5) is 17.6 Å². The van der Waals surface area contributed by atoms with Gasteiger partial charge in [0.2, 0.25) is 0 Å². The van der Waals surface area contributed by atoms with Crippen LogP contribution in [-0.4, -0.2) is 27.1 Å². The molecule has 0 unspecified atom stereocenters. The minimum absolute atomic E-state index is 0.104. The molecule has 43 heavy (non-hydrogen) atoms. The monoisotopic (exact) mass is 638 g/mol. The lowest BCUT2D eigenvalue weighted by molar-refractivity contribution is -0.155. The molecule has 0 radical (unpaired) electrons. The van der Waals surface area contributed by atoms with E-state index in [4.69, 9.17) is 21.1 Å². The van der Waals surface area contributed by atoms with Crippen molar-refractivity contribution in [2.45, 2.75) is 63.0 Å². The minimum atomic E-state index is -4.74. The van der Waals surface area contributed by atoms with Crippen LogP contribution in [-0.2, 0) is 25.5 Å². The summed E-state index contributed by atoms with van der Waals surface area (Å²) in [7, 11) is -4.39. The number of carbonyl (C=O) groups is 1. The molecule has 11 heteroatoms. The van der Waals surface area contributed by atoms with Gasteiger partial charge in [0.05, 0.1) is 32.8 Å². The van der Waals surface area contributed by atoms with Crippen molar-refractivity contribution in [1.82, 2.24) is 0 Å². The van der Waals surface area contributed by atoms with Crippen molar-refractivity contribution >= 4 is 39.1 Å². The molecule has 230 valence electrons. The van der Waals surface area contributed by atoms with Crippen LogP contribution in [0, 0.1) is 11.2 Å². The fraction of sp³-hybridized carbons (Fsp3) is 0.344. The summed E-state index contributed by atoms with van der Waals surface area (Å²) in [5.74, 6) is -0.792. The average Bonchev–Trinajstić information content (AvgIpc) is 2.92. The van der Waals surface area contributed by atoms with Gasteiger partial charge < -0.3 is 9.47 Å². The Morgan fingerprint density at radius 3 is 2.44 bits per heavy atom. The number of halogens is 5. The Labute approximate surface area is 253 Å². The molecule has 0 spiro atoms. The van der Waals surface area contributed by atoms with Gasteiger partial charge in [-0.1, -0.05) is 35.9 Å². The first-order valence-electron chi connectivity index (χ1n) is 13.6. The van der Waals surface area contributed by atoms with Gasteiger partial charge in [0.25, 0.3) is 0 Å². The van der Waals surface area contributed by atoms with Gasteiger partial charge in [-0.05, 0) is 87.7 Å². The molecular formula is C32H31ClF4O5S. The molecule has 2 atom stereocenters. The Morgan fingerprint density at radius 1 is 1.09 bits per heavy atom. The molecule has 1 heterocycles. The molecule has 0 aliphatic carbocycles. The molecule has 0 aromatic heterocycles. The van der Waals surface area contributed by atoms with E-state index >= 15 is 0 Å². The number of sulfone groups is 1. The highest BCUT2D eigenvalue weighted by atomic mass is 35.5. The number of ether oxygens (including phenoxy) is 2. The highest BCUT2D eigenvalue weighted by Gasteiger charge is 2.42. The molecule has 0 bridgehead atoms. The number of benzene rings is 3. The standard InChI is InChI=1S/C32H31ClF4O5S/c1-5-41-30(38)31(3,4)18-22-17-28(43(39,40)23-9-6-8-21(16-23)32(35,36)37)24-15-20(12-13-27(24)42-22)14-19(2)29-25(33)10-7-11-26(29)34/h6-16,22,28H,5,17-18H2,1-4H3/b19-14+/t22-,28+/m1/s1. The lowest BCUT2D eigenvalue weighted by atomic mass is 9.84. The van der Waals surface area contributed by atoms with Crippen LogP contribution in [0.3, 0.4) is 0 Å². The normalized spacial score (nSPS) is 17.7. The van der Waals surface area contributed by atoms with Crippen LogP contribution in [0.2, 0.25) is 5.02 Å². The van der Waals surface area contributed by atoms with Gasteiger partial charge in [-0.15, -0.1) is 0 Å². The summed E-state index contributed by atoms with van der Waals surface area (Å²) >= 11 is 6.22. The van der Waals surface area contributed by atoms with Crippen molar-refractivity contribution < 1.29 is 40.2 Å². The van der Waals surface area contributed by atoms with E-state index in [1.54, 1.807) is 58.0 Å². The van der Waals surface area contributed by atoms with Gasteiger partial charge in [-0.3, -0.25) is 4.79 Å². The first-order chi connectivity index (χ1) is 20.0. The summed E-state index contributed by atoms with van der Waals surface area (Å²) in [5, 5.41) is -1.10. The Bertz CT molecular complexity index is 1640. The molecule has 5 nitrogen and oxygen atoms in total. The fourth-order valence-electron chi connectivity index (χ4n) is 5.22. The summed E-state index contributed by atoms with van der Waals surface area (Å²) in [6.45, 7) is 6.81. The molecule has 0 N–H and O–H groups in total. The predicted molar refractivity (Wildman–Crippen MR) is 157 cm³/mol. The Balaban J connectivity index is 1.81. The number of carbonyl (C=O) groups excluding carboxylic acids is 1. The third-order valence-electron chi connectivity index (χ3n) is 7.32. The molecule has 1 aliphatic heterocycles. The van der Waals surface area contributed by atoms with E-state index in [0.717, 1.165) is 18.2 Å². The van der Waals surface area contributed by atoms with E-state index in [2.05, 4.69) is 0 Å². The molecule has 4 rings (SSSR count).